The van der Waals surface area contributed by atoms with Crippen molar-refractivity contribution in [2.75, 3.05) is 5.32 Å². The molecule has 1 atom stereocenters. The van der Waals surface area contributed by atoms with Gasteiger partial charge in [0.05, 0.1) is 6.42 Å². The molecule has 0 saturated carbocycles. The van der Waals surface area contributed by atoms with Crippen LogP contribution >= 0.6 is 0 Å². The average Bonchev–Trinajstić information content (AvgIpc) is 2.66. The van der Waals surface area contributed by atoms with Crippen LogP contribution < -0.4 is 16.1 Å². The summed E-state index contributed by atoms with van der Waals surface area (Å²) < 4.78 is 0. The normalized spacial score (nSPS) is 11.6. The number of hydroxylamine groups is 1. The molecular formula is C19H19N3O4. The largest absolute Gasteiger partial charge is 0.340 e. The Morgan fingerprint density at radius 3 is 2.19 bits per heavy atom. The van der Waals surface area contributed by atoms with Gasteiger partial charge in [-0.15, -0.1) is 0 Å². The first-order valence-electron chi connectivity index (χ1n) is 7.91. The molecule has 0 saturated heterocycles. The van der Waals surface area contributed by atoms with Crippen molar-refractivity contribution in [3.05, 3.63) is 72.3 Å². The Hall–Kier alpha value is -3.45. The molecule has 2 aromatic carbocycles. The first kappa shape index (κ1) is 18.9. The quantitative estimate of drug-likeness (QED) is 0.345. The van der Waals surface area contributed by atoms with Crippen LogP contribution in [0.1, 0.15) is 12.0 Å². The van der Waals surface area contributed by atoms with Crippen LogP contribution in [0.25, 0.3) is 6.08 Å². The molecule has 0 bridgehead atoms. The third kappa shape index (κ3) is 6.21. The van der Waals surface area contributed by atoms with Crippen molar-refractivity contribution < 1.29 is 19.6 Å². The Kier molecular flexibility index (Phi) is 7.08. The van der Waals surface area contributed by atoms with E-state index in [4.69, 9.17) is 5.21 Å². The number of anilines is 1. The lowest BCUT2D eigenvalue weighted by molar-refractivity contribution is -0.135. The Balaban J connectivity index is 1.96. The number of hydrogen-bond acceptors (Lipinski definition) is 4. The number of amides is 3. The second kappa shape index (κ2) is 9.75. The number of carbonyl (C=O) groups excluding carboxylic acids is 3. The summed E-state index contributed by atoms with van der Waals surface area (Å²) in [5.41, 5.74) is 2.83. The molecule has 7 heteroatoms. The molecule has 0 aromatic heterocycles. The molecule has 0 aliphatic carbocycles. The average molecular weight is 353 g/mol. The van der Waals surface area contributed by atoms with Gasteiger partial charge in [0.15, 0.2) is 0 Å². The fraction of sp³-hybridized carbons (Fsp3) is 0.105. The molecule has 2 rings (SSSR count). The van der Waals surface area contributed by atoms with Gasteiger partial charge in [-0.1, -0.05) is 48.5 Å². The van der Waals surface area contributed by atoms with Crippen molar-refractivity contribution in [2.24, 2.45) is 0 Å². The van der Waals surface area contributed by atoms with Gasteiger partial charge in [0, 0.05) is 11.8 Å². The molecule has 0 fully saturated rings. The number of carbonyl (C=O) groups is 3. The third-order valence-corrected chi connectivity index (χ3v) is 3.42. The van der Waals surface area contributed by atoms with E-state index in [-0.39, 0.29) is 6.42 Å². The maximum Gasteiger partial charge on any atom is 0.266 e. The fourth-order valence-corrected chi connectivity index (χ4v) is 2.16. The molecule has 26 heavy (non-hydrogen) atoms. The van der Waals surface area contributed by atoms with Gasteiger partial charge < -0.3 is 10.6 Å². The highest BCUT2D eigenvalue weighted by Gasteiger charge is 2.23. The van der Waals surface area contributed by atoms with Crippen LogP contribution in [0, 0.1) is 0 Å². The number of benzene rings is 2. The van der Waals surface area contributed by atoms with Crippen LogP contribution in [0.3, 0.4) is 0 Å². The van der Waals surface area contributed by atoms with Crippen molar-refractivity contribution in [3.63, 3.8) is 0 Å². The van der Waals surface area contributed by atoms with Crippen LogP contribution in [0.15, 0.2) is 66.7 Å². The Morgan fingerprint density at radius 1 is 0.962 bits per heavy atom. The van der Waals surface area contributed by atoms with E-state index < -0.39 is 23.8 Å². The van der Waals surface area contributed by atoms with Gasteiger partial charge in [-0.25, -0.2) is 5.48 Å². The summed E-state index contributed by atoms with van der Waals surface area (Å²) in [6.07, 6.45) is 2.50. The van der Waals surface area contributed by atoms with Crippen LogP contribution in [-0.4, -0.2) is 29.0 Å². The molecule has 134 valence electrons. The van der Waals surface area contributed by atoms with Gasteiger partial charge in [0.2, 0.25) is 11.8 Å². The number of para-hydroxylation sites is 1. The predicted octanol–water partition coefficient (Wildman–Crippen LogP) is 1.72. The molecule has 0 aliphatic heterocycles. The van der Waals surface area contributed by atoms with Crippen LogP contribution in [0.4, 0.5) is 5.69 Å². The topological polar surface area (TPSA) is 108 Å². The molecule has 2 aromatic rings. The van der Waals surface area contributed by atoms with Gasteiger partial charge in [-0.3, -0.25) is 19.6 Å². The summed E-state index contributed by atoms with van der Waals surface area (Å²) in [6.45, 7) is 0. The van der Waals surface area contributed by atoms with E-state index in [2.05, 4.69) is 10.6 Å². The minimum absolute atomic E-state index is 0.327. The second-order valence-electron chi connectivity index (χ2n) is 5.40. The molecule has 0 heterocycles. The minimum atomic E-state index is -1.21. The van der Waals surface area contributed by atoms with Crippen molar-refractivity contribution in [1.29, 1.82) is 0 Å². The molecule has 7 nitrogen and oxygen atoms in total. The molecule has 0 spiro atoms. The molecule has 4 N–H and O–H groups in total. The van der Waals surface area contributed by atoms with E-state index >= 15 is 0 Å². The second-order valence-corrected chi connectivity index (χ2v) is 5.40. The van der Waals surface area contributed by atoms with Crippen molar-refractivity contribution >= 4 is 29.5 Å². The summed E-state index contributed by atoms with van der Waals surface area (Å²) in [4.78, 5) is 35.8. The lowest BCUT2D eigenvalue weighted by atomic mass is 10.1. The van der Waals surface area contributed by atoms with E-state index in [0.29, 0.717) is 5.69 Å². The zero-order valence-electron chi connectivity index (χ0n) is 13.9. The first-order chi connectivity index (χ1) is 12.6. The Morgan fingerprint density at radius 2 is 1.58 bits per heavy atom. The van der Waals surface area contributed by atoms with Crippen molar-refractivity contribution in [3.8, 4) is 0 Å². The van der Waals surface area contributed by atoms with Crippen LogP contribution in [-0.2, 0) is 14.4 Å². The van der Waals surface area contributed by atoms with E-state index in [1.807, 2.05) is 30.3 Å². The van der Waals surface area contributed by atoms with Gasteiger partial charge >= 0.3 is 0 Å². The number of hydrogen-bond donors (Lipinski definition) is 4. The summed E-state index contributed by atoms with van der Waals surface area (Å²) in [7, 11) is 0. The van der Waals surface area contributed by atoms with Crippen molar-refractivity contribution in [1.82, 2.24) is 10.8 Å². The zero-order valence-corrected chi connectivity index (χ0v) is 13.9. The fourth-order valence-electron chi connectivity index (χ4n) is 2.16. The van der Waals surface area contributed by atoms with Gasteiger partial charge in [0.1, 0.15) is 6.04 Å². The highest BCUT2D eigenvalue weighted by atomic mass is 16.5. The SMILES string of the molecule is O=C(/C=C/c1ccccc1)N[C@H](CC(=O)Nc1ccccc1)C(=O)NO. The first-order valence-corrected chi connectivity index (χ1v) is 7.91. The van der Waals surface area contributed by atoms with Crippen LogP contribution in [0.2, 0.25) is 0 Å². The molecule has 3 amide bonds. The molecular weight excluding hydrogens is 334 g/mol. The van der Waals surface area contributed by atoms with E-state index in [1.165, 1.54) is 11.6 Å². The summed E-state index contributed by atoms with van der Waals surface area (Å²) in [5.74, 6) is -1.92. The third-order valence-electron chi connectivity index (χ3n) is 3.42. The standard InChI is InChI=1S/C19H19N3O4/c23-17(12-11-14-7-3-1-4-8-14)21-16(19(25)22-26)13-18(24)20-15-9-5-2-6-10-15/h1-12,16,26H,13H2,(H,20,24)(H,21,23)(H,22,25)/b12-11+/t16-/m1/s1. The van der Waals surface area contributed by atoms with E-state index in [9.17, 15) is 14.4 Å². The number of nitrogens with one attached hydrogen (secondary N) is 3. The highest BCUT2D eigenvalue weighted by molar-refractivity contribution is 5.99. The monoisotopic (exact) mass is 353 g/mol. The highest BCUT2D eigenvalue weighted by Crippen LogP contribution is 2.07. The summed E-state index contributed by atoms with van der Waals surface area (Å²) >= 11 is 0. The molecule has 0 radical (unpaired) electrons. The maximum absolute atomic E-state index is 12.1. The maximum atomic E-state index is 12.1. The zero-order chi connectivity index (χ0) is 18.8. The molecule has 0 aliphatic rings. The van der Waals surface area contributed by atoms with Gasteiger partial charge in [0.25, 0.3) is 5.91 Å². The smallest absolute Gasteiger partial charge is 0.266 e. The lowest BCUT2D eigenvalue weighted by Crippen LogP contribution is -2.47. The van der Waals surface area contributed by atoms with E-state index in [1.54, 1.807) is 36.4 Å². The molecule has 0 unspecified atom stereocenters. The number of rotatable bonds is 7. The van der Waals surface area contributed by atoms with Crippen molar-refractivity contribution in [2.45, 2.75) is 12.5 Å². The Labute approximate surface area is 150 Å². The predicted molar refractivity (Wildman–Crippen MR) is 97.0 cm³/mol. The Bertz CT molecular complexity index is 776. The van der Waals surface area contributed by atoms with Gasteiger partial charge in [-0.05, 0) is 23.8 Å². The summed E-state index contributed by atoms with van der Waals surface area (Å²) in [6, 6.07) is 16.6. The van der Waals surface area contributed by atoms with Gasteiger partial charge in [-0.2, -0.15) is 0 Å². The minimum Gasteiger partial charge on any atom is -0.340 e. The van der Waals surface area contributed by atoms with E-state index in [0.717, 1.165) is 5.56 Å². The summed E-state index contributed by atoms with van der Waals surface area (Å²) in [5, 5.41) is 13.8. The van der Waals surface area contributed by atoms with Crippen LogP contribution in [0.5, 0.6) is 0 Å². The lowest BCUT2D eigenvalue weighted by Gasteiger charge is -2.15.